The van der Waals surface area contributed by atoms with Crippen LogP contribution in [0.1, 0.15) is 43.2 Å². The van der Waals surface area contributed by atoms with Crippen LogP contribution in [0.2, 0.25) is 0 Å². The molecular formula is C27H30O2. The maximum absolute atomic E-state index is 5.84. The van der Waals surface area contributed by atoms with E-state index in [4.69, 9.17) is 9.47 Å². The fourth-order valence-electron chi connectivity index (χ4n) is 3.97. The first-order chi connectivity index (χ1) is 14.4. The zero-order valence-electron chi connectivity index (χ0n) is 17.1. The monoisotopic (exact) mass is 386 g/mol. The Kier molecular flexibility index (Phi) is 6.98. The van der Waals surface area contributed by atoms with Crippen molar-refractivity contribution in [3.63, 3.8) is 0 Å². The number of ether oxygens (including phenoxy) is 2. The molecule has 29 heavy (non-hydrogen) atoms. The van der Waals surface area contributed by atoms with Crippen LogP contribution in [0.15, 0.2) is 78.9 Å². The second kappa shape index (κ2) is 10.3. The lowest BCUT2D eigenvalue weighted by Crippen LogP contribution is -2.19. The molecule has 150 valence electrons. The first kappa shape index (κ1) is 19.7. The predicted octanol–water partition coefficient (Wildman–Crippen LogP) is 6.82. The van der Waals surface area contributed by atoms with Crippen molar-refractivity contribution in [3.8, 4) is 16.9 Å². The van der Waals surface area contributed by atoms with Crippen molar-refractivity contribution in [1.82, 2.24) is 0 Å². The summed E-state index contributed by atoms with van der Waals surface area (Å²) in [5.74, 6) is 0.886. The standard InChI is InChI=1S/C27H30O2/c1-3-7-24(8-4-1)25-17-13-22(14-18-25)11-12-23-15-19-27(20-16-23)29-21-28-26-9-5-2-6-10-26/h1,3-4,7-8,13-20,26H,2,5-6,9-12,21H2. The number of hydrogen-bond acceptors (Lipinski definition) is 2. The van der Waals surface area contributed by atoms with Crippen LogP contribution >= 0.6 is 0 Å². The molecule has 0 bridgehead atoms. The molecule has 1 saturated carbocycles. The van der Waals surface area contributed by atoms with Crippen molar-refractivity contribution in [2.24, 2.45) is 0 Å². The molecular weight excluding hydrogens is 356 g/mol. The molecule has 0 N–H and O–H groups in total. The van der Waals surface area contributed by atoms with E-state index in [0.29, 0.717) is 12.9 Å². The Morgan fingerprint density at radius 3 is 1.86 bits per heavy atom. The number of benzene rings is 3. The smallest absolute Gasteiger partial charge is 0.189 e. The molecule has 4 rings (SSSR count). The van der Waals surface area contributed by atoms with Crippen molar-refractivity contribution in [1.29, 1.82) is 0 Å². The number of aryl methyl sites for hydroxylation is 2. The molecule has 3 aromatic carbocycles. The van der Waals surface area contributed by atoms with E-state index >= 15 is 0 Å². The van der Waals surface area contributed by atoms with Gasteiger partial charge in [0.2, 0.25) is 0 Å². The Morgan fingerprint density at radius 2 is 1.21 bits per heavy atom. The molecule has 0 heterocycles. The van der Waals surface area contributed by atoms with Crippen molar-refractivity contribution in [3.05, 3.63) is 90.0 Å². The maximum Gasteiger partial charge on any atom is 0.189 e. The molecule has 2 heteroatoms. The first-order valence-electron chi connectivity index (χ1n) is 10.8. The minimum atomic E-state index is 0.359. The summed E-state index contributed by atoms with van der Waals surface area (Å²) in [4.78, 5) is 0. The van der Waals surface area contributed by atoms with Gasteiger partial charge in [0.05, 0.1) is 6.10 Å². The summed E-state index contributed by atoms with van der Waals surface area (Å²) < 4.78 is 11.6. The Hall–Kier alpha value is -2.58. The highest BCUT2D eigenvalue weighted by Crippen LogP contribution is 2.22. The summed E-state index contributed by atoms with van der Waals surface area (Å²) in [7, 11) is 0. The highest BCUT2D eigenvalue weighted by molar-refractivity contribution is 5.63. The average molecular weight is 387 g/mol. The van der Waals surface area contributed by atoms with Crippen LogP contribution in [0.5, 0.6) is 5.75 Å². The van der Waals surface area contributed by atoms with Crippen LogP contribution in [0.25, 0.3) is 11.1 Å². The molecule has 1 aliphatic carbocycles. The molecule has 1 aliphatic rings. The number of hydrogen-bond donors (Lipinski definition) is 0. The first-order valence-corrected chi connectivity index (χ1v) is 10.8. The van der Waals surface area contributed by atoms with Crippen LogP contribution in [-0.4, -0.2) is 12.9 Å². The lowest BCUT2D eigenvalue weighted by molar-refractivity contribution is -0.0496. The van der Waals surface area contributed by atoms with Gasteiger partial charge in [-0.1, -0.05) is 86.0 Å². The highest BCUT2D eigenvalue weighted by Gasteiger charge is 2.13. The topological polar surface area (TPSA) is 18.5 Å². The predicted molar refractivity (Wildman–Crippen MR) is 119 cm³/mol. The fourth-order valence-corrected chi connectivity index (χ4v) is 3.97. The summed E-state index contributed by atoms with van der Waals surface area (Å²) in [6.45, 7) is 0.359. The molecule has 3 aromatic rings. The van der Waals surface area contributed by atoms with Gasteiger partial charge in [-0.15, -0.1) is 0 Å². The third-order valence-electron chi connectivity index (χ3n) is 5.77. The second-order valence-electron chi connectivity index (χ2n) is 7.90. The van der Waals surface area contributed by atoms with Gasteiger partial charge in [0.25, 0.3) is 0 Å². The van der Waals surface area contributed by atoms with Gasteiger partial charge >= 0.3 is 0 Å². The van der Waals surface area contributed by atoms with Crippen molar-refractivity contribution >= 4 is 0 Å². The van der Waals surface area contributed by atoms with E-state index in [1.54, 1.807) is 0 Å². The van der Waals surface area contributed by atoms with Gasteiger partial charge in [-0.2, -0.15) is 0 Å². The third kappa shape index (κ3) is 5.95. The molecule has 0 aromatic heterocycles. The van der Waals surface area contributed by atoms with Crippen molar-refractivity contribution < 1.29 is 9.47 Å². The van der Waals surface area contributed by atoms with E-state index < -0.39 is 0 Å². The van der Waals surface area contributed by atoms with Crippen LogP contribution < -0.4 is 4.74 Å². The molecule has 0 amide bonds. The maximum atomic E-state index is 5.84. The molecule has 2 nitrogen and oxygen atoms in total. The summed E-state index contributed by atoms with van der Waals surface area (Å²) in [5, 5.41) is 0. The van der Waals surface area contributed by atoms with Crippen molar-refractivity contribution in [2.75, 3.05) is 6.79 Å². The van der Waals surface area contributed by atoms with Crippen LogP contribution in [0.4, 0.5) is 0 Å². The Labute approximate surface area is 174 Å². The van der Waals surface area contributed by atoms with Crippen LogP contribution in [0.3, 0.4) is 0 Å². The number of rotatable bonds is 8. The van der Waals surface area contributed by atoms with E-state index in [1.807, 2.05) is 0 Å². The largest absolute Gasteiger partial charge is 0.468 e. The zero-order chi connectivity index (χ0) is 19.7. The quantitative estimate of drug-likeness (QED) is 0.395. The van der Waals surface area contributed by atoms with Gasteiger partial charge in [-0.3, -0.25) is 0 Å². The van der Waals surface area contributed by atoms with Crippen LogP contribution in [0, 0.1) is 0 Å². The summed E-state index contributed by atoms with van der Waals surface area (Å²) in [5.41, 5.74) is 5.23. The lowest BCUT2D eigenvalue weighted by Gasteiger charge is -2.21. The zero-order valence-corrected chi connectivity index (χ0v) is 17.1. The minimum absolute atomic E-state index is 0.359. The molecule has 0 spiro atoms. The molecule has 0 radical (unpaired) electrons. The van der Waals surface area contributed by atoms with Gasteiger partial charge in [0.15, 0.2) is 6.79 Å². The average Bonchev–Trinajstić information content (AvgIpc) is 2.80. The van der Waals surface area contributed by atoms with Gasteiger partial charge in [-0.05, 0) is 60.1 Å². The van der Waals surface area contributed by atoms with E-state index in [9.17, 15) is 0 Å². The van der Waals surface area contributed by atoms with Gasteiger partial charge < -0.3 is 9.47 Å². The van der Waals surface area contributed by atoms with Gasteiger partial charge in [0, 0.05) is 0 Å². The van der Waals surface area contributed by atoms with Crippen LogP contribution in [-0.2, 0) is 17.6 Å². The van der Waals surface area contributed by atoms with Gasteiger partial charge in [0.1, 0.15) is 5.75 Å². The van der Waals surface area contributed by atoms with E-state index in [0.717, 1.165) is 18.6 Å². The lowest BCUT2D eigenvalue weighted by atomic mass is 9.98. The molecule has 0 unspecified atom stereocenters. The molecule has 0 saturated heterocycles. The minimum Gasteiger partial charge on any atom is -0.468 e. The van der Waals surface area contributed by atoms with E-state index in [1.165, 1.54) is 54.4 Å². The normalized spacial score (nSPS) is 14.6. The van der Waals surface area contributed by atoms with E-state index in [-0.39, 0.29) is 0 Å². The highest BCUT2D eigenvalue weighted by atomic mass is 16.7. The summed E-state index contributed by atoms with van der Waals surface area (Å²) in [6, 6.07) is 27.9. The Balaban J connectivity index is 1.22. The second-order valence-corrected chi connectivity index (χ2v) is 7.90. The molecule has 0 atom stereocenters. The van der Waals surface area contributed by atoms with E-state index in [2.05, 4.69) is 78.9 Å². The molecule has 1 fully saturated rings. The Morgan fingerprint density at radius 1 is 0.621 bits per heavy atom. The molecule has 0 aliphatic heterocycles. The third-order valence-corrected chi connectivity index (χ3v) is 5.77. The summed E-state index contributed by atoms with van der Waals surface area (Å²) in [6.07, 6.45) is 8.73. The fraction of sp³-hybridized carbons (Fsp3) is 0.333. The SMILES string of the molecule is c1ccc(-c2ccc(CCc3ccc(OCOC4CCCCC4)cc3)cc2)cc1. The summed E-state index contributed by atoms with van der Waals surface area (Å²) >= 11 is 0. The van der Waals surface area contributed by atoms with Crippen molar-refractivity contribution in [2.45, 2.75) is 51.0 Å². The van der Waals surface area contributed by atoms with Gasteiger partial charge in [-0.25, -0.2) is 0 Å². The Bertz CT molecular complexity index is 847.